The van der Waals surface area contributed by atoms with Crippen LogP contribution in [-0.4, -0.2) is 30.6 Å². The largest absolute Gasteiger partial charge is 0.296 e. The smallest absolute Gasteiger partial charge is 0.260 e. The van der Waals surface area contributed by atoms with E-state index >= 15 is 0 Å². The first-order chi connectivity index (χ1) is 13.7. The molecular weight excluding hydrogens is 422 g/mol. The Morgan fingerprint density at radius 2 is 1.76 bits per heavy atom. The molecule has 11 heteroatoms. The van der Waals surface area contributed by atoms with Crippen molar-refractivity contribution in [3.8, 4) is 10.6 Å². The minimum Gasteiger partial charge on any atom is -0.296 e. The highest BCUT2D eigenvalue weighted by Gasteiger charge is 2.21. The number of nitrogens with one attached hydrogen (secondary N) is 2. The van der Waals surface area contributed by atoms with Crippen LogP contribution < -0.4 is 10.0 Å². The van der Waals surface area contributed by atoms with E-state index in [1.165, 1.54) is 24.3 Å². The highest BCUT2D eigenvalue weighted by molar-refractivity contribution is 7.89. The lowest BCUT2D eigenvalue weighted by molar-refractivity contribution is 0.102. The molecule has 0 radical (unpaired) electrons. The number of sulfonamides is 1. The fraction of sp³-hybridized carbons (Fsp3) is 0.167. The molecule has 0 aliphatic rings. The van der Waals surface area contributed by atoms with E-state index in [4.69, 9.17) is 0 Å². The first-order valence-corrected chi connectivity index (χ1v) is 10.7. The lowest BCUT2D eigenvalue weighted by Crippen LogP contribution is -2.30. The second kappa shape index (κ2) is 8.31. The summed E-state index contributed by atoms with van der Waals surface area (Å²) < 4.78 is 54.0. The molecule has 0 bridgehead atoms. The molecule has 7 nitrogen and oxygen atoms in total. The molecule has 3 aromatic rings. The number of halogens is 2. The summed E-state index contributed by atoms with van der Waals surface area (Å²) in [7, 11) is -3.89. The normalized spacial score (nSPS) is 11.6. The van der Waals surface area contributed by atoms with E-state index in [-0.39, 0.29) is 16.1 Å². The van der Waals surface area contributed by atoms with Gasteiger partial charge in [0.25, 0.3) is 5.91 Å². The van der Waals surface area contributed by atoms with Crippen molar-refractivity contribution in [1.82, 2.24) is 14.9 Å². The number of hydrogen-bond donors (Lipinski definition) is 2. The summed E-state index contributed by atoms with van der Waals surface area (Å²) >= 11 is 1.01. The Morgan fingerprint density at radius 1 is 1.07 bits per heavy atom. The van der Waals surface area contributed by atoms with Crippen molar-refractivity contribution < 1.29 is 22.0 Å². The first kappa shape index (κ1) is 21.0. The lowest BCUT2D eigenvalue weighted by atomic mass is 10.2. The third-order valence-corrected chi connectivity index (χ3v) is 6.16. The molecule has 1 amide bonds. The number of nitrogens with zero attached hydrogens (tertiary/aromatic N) is 2. The molecule has 152 valence electrons. The van der Waals surface area contributed by atoms with Crippen molar-refractivity contribution in [3.63, 3.8) is 0 Å². The zero-order valence-electron chi connectivity index (χ0n) is 15.3. The number of carbonyl (C=O) groups excluding carboxylic acids is 1. The Labute approximate surface area is 169 Å². The van der Waals surface area contributed by atoms with Gasteiger partial charge in [0.1, 0.15) is 16.6 Å². The highest BCUT2D eigenvalue weighted by Crippen LogP contribution is 2.27. The number of anilines is 1. The molecule has 0 fully saturated rings. The molecule has 0 spiro atoms. The van der Waals surface area contributed by atoms with Crippen LogP contribution in [0.15, 0.2) is 47.4 Å². The second-order valence-electron chi connectivity index (χ2n) is 6.29. The number of hydrogen-bond acceptors (Lipinski definition) is 6. The maximum absolute atomic E-state index is 14.1. The van der Waals surface area contributed by atoms with Gasteiger partial charge in [0, 0.05) is 11.6 Å². The maximum atomic E-state index is 14.1. The van der Waals surface area contributed by atoms with Crippen molar-refractivity contribution in [3.05, 3.63) is 59.7 Å². The number of aromatic nitrogens is 2. The van der Waals surface area contributed by atoms with Gasteiger partial charge in [-0.3, -0.25) is 10.1 Å². The molecular formula is C18H16F2N4O3S2. The van der Waals surface area contributed by atoms with E-state index < -0.39 is 33.1 Å². The van der Waals surface area contributed by atoms with Gasteiger partial charge in [-0.25, -0.2) is 21.9 Å². The van der Waals surface area contributed by atoms with Crippen molar-refractivity contribution >= 4 is 32.4 Å². The van der Waals surface area contributed by atoms with Crippen LogP contribution in [0.25, 0.3) is 10.6 Å². The summed E-state index contributed by atoms with van der Waals surface area (Å²) in [6.45, 7) is 3.28. The van der Waals surface area contributed by atoms with Gasteiger partial charge >= 0.3 is 0 Å². The van der Waals surface area contributed by atoms with Gasteiger partial charge in [0.15, 0.2) is 0 Å². The molecule has 1 heterocycles. The SMILES string of the molecule is CC(C)NS(=O)(=O)c1ccc(F)c(C(=O)Nc2nnc(-c3ccc(F)cc3)s2)c1. The first-order valence-electron chi connectivity index (χ1n) is 8.38. The summed E-state index contributed by atoms with van der Waals surface area (Å²) in [6, 6.07) is 8.13. The zero-order valence-corrected chi connectivity index (χ0v) is 16.9. The van der Waals surface area contributed by atoms with E-state index in [1.54, 1.807) is 13.8 Å². The summed E-state index contributed by atoms with van der Waals surface area (Å²) in [5.74, 6) is -2.15. The maximum Gasteiger partial charge on any atom is 0.260 e. The second-order valence-corrected chi connectivity index (χ2v) is 8.98. The van der Waals surface area contributed by atoms with E-state index in [1.807, 2.05) is 0 Å². The van der Waals surface area contributed by atoms with Crippen molar-refractivity contribution in [2.75, 3.05) is 5.32 Å². The van der Waals surface area contributed by atoms with Gasteiger partial charge in [0.2, 0.25) is 15.2 Å². The average molecular weight is 438 g/mol. The number of benzene rings is 2. The number of rotatable bonds is 6. The summed E-state index contributed by atoms with van der Waals surface area (Å²) in [5, 5.41) is 10.6. The van der Waals surface area contributed by atoms with E-state index in [9.17, 15) is 22.0 Å². The monoisotopic (exact) mass is 438 g/mol. The van der Waals surface area contributed by atoms with Crippen LogP contribution >= 0.6 is 11.3 Å². The molecule has 0 aliphatic heterocycles. The van der Waals surface area contributed by atoms with Gasteiger partial charge in [0.05, 0.1) is 10.5 Å². The van der Waals surface area contributed by atoms with Crippen molar-refractivity contribution in [2.45, 2.75) is 24.8 Å². The molecule has 0 saturated carbocycles. The van der Waals surface area contributed by atoms with Crippen LogP contribution in [0.5, 0.6) is 0 Å². The Balaban J connectivity index is 1.82. The quantitative estimate of drug-likeness (QED) is 0.614. The minimum atomic E-state index is -3.89. The summed E-state index contributed by atoms with van der Waals surface area (Å²) in [5.41, 5.74) is 0.151. The molecule has 2 aromatic carbocycles. The number of amides is 1. The molecule has 0 atom stereocenters. The van der Waals surface area contributed by atoms with Gasteiger partial charge < -0.3 is 0 Å². The van der Waals surface area contributed by atoms with Crippen LogP contribution in [0.4, 0.5) is 13.9 Å². The van der Waals surface area contributed by atoms with Crippen LogP contribution in [0.3, 0.4) is 0 Å². The third kappa shape index (κ3) is 5.00. The van der Waals surface area contributed by atoms with Gasteiger partial charge in [-0.15, -0.1) is 10.2 Å². The van der Waals surface area contributed by atoms with Gasteiger partial charge in [-0.2, -0.15) is 0 Å². The molecule has 2 N–H and O–H groups in total. The fourth-order valence-electron chi connectivity index (χ4n) is 2.37. The summed E-state index contributed by atoms with van der Waals surface area (Å²) in [6.07, 6.45) is 0. The fourth-order valence-corrected chi connectivity index (χ4v) is 4.39. The van der Waals surface area contributed by atoms with Crippen LogP contribution in [-0.2, 0) is 10.0 Å². The van der Waals surface area contributed by atoms with Gasteiger partial charge in [-0.1, -0.05) is 11.3 Å². The minimum absolute atomic E-state index is 0.0855. The Kier molecular flexibility index (Phi) is 6.01. The Hall–Kier alpha value is -2.76. The lowest BCUT2D eigenvalue weighted by Gasteiger charge is -2.11. The standard InChI is InChI=1S/C18H16F2N4O3S2/c1-10(2)24-29(26,27)13-7-8-15(20)14(9-13)16(25)21-18-23-22-17(28-18)11-3-5-12(19)6-4-11/h3-10,24H,1-2H3,(H,21,23,25). The predicted molar refractivity (Wildman–Crippen MR) is 105 cm³/mol. The molecule has 0 unspecified atom stereocenters. The van der Waals surface area contributed by atoms with E-state index in [0.717, 1.165) is 29.5 Å². The highest BCUT2D eigenvalue weighted by atomic mass is 32.2. The molecule has 3 rings (SSSR count). The molecule has 0 aliphatic carbocycles. The summed E-state index contributed by atoms with van der Waals surface area (Å²) in [4.78, 5) is 12.2. The van der Waals surface area contributed by atoms with Crippen LogP contribution in [0, 0.1) is 11.6 Å². The van der Waals surface area contributed by atoms with Crippen molar-refractivity contribution in [1.29, 1.82) is 0 Å². The topological polar surface area (TPSA) is 101 Å². The average Bonchev–Trinajstić information content (AvgIpc) is 3.09. The molecule has 29 heavy (non-hydrogen) atoms. The van der Waals surface area contributed by atoms with Crippen molar-refractivity contribution in [2.24, 2.45) is 0 Å². The van der Waals surface area contributed by atoms with E-state index in [2.05, 4.69) is 20.2 Å². The van der Waals surface area contributed by atoms with Crippen LogP contribution in [0.2, 0.25) is 0 Å². The Bertz CT molecular complexity index is 1150. The van der Waals surface area contributed by atoms with Gasteiger partial charge in [-0.05, 0) is 56.3 Å². The number of carbonyl (C=O) groups is 1. The molecule has 1 aromatic heterocycles. The van der Waals surface area contributed by atoms with Crippen LogP contribution in [0.1, 0.15) is 24.2 Å². The molecule has 0 saturated heterocycles. The zero-order chi connectivity index (χ0) is 21.2. The van der Waals surface area contributed by atoms with E-state index in [0.29, 0.717) is 10.6 Å². The Morgan fingerprint density at radius 3 is 2.41 bits per heavy atom. The third-order valence-electron chi connectivity index (χ3n) is 3.62. The predicted octanol–water partition coefficient (Wildman–Crippen LogP) is 3.42.